The number of thioether (sulfide) groups is 1. The van der Waals surface area contributed by atoms with Crippen molar-refractivity contribution in [3.63, 3.8) is 0 Å². The summed E-state index contributed by atoms with van der Waals surface area (Å²) in [6.45, 7) is 8.59. The first kappa shape index (κ1) is 11.4. The van der Waals surface area contributed by atoms with E-state index in [1.54, 1.807) is 0 Å². The highest BCUT2D eigenvalue weighted by molar-refractivity contribution is 7.99. The van der Waals surface area contributed by atoms with E-state index >= 15 is 0 Å². The van der Waals surface area contributed by atoms with Gasteiger partial charge < -0.3 is 10.3 Å². The minimum Gasteiger partial charge on any atom is -0.369 e. The average Bonchev–Trinajstić information content (AvgIpc) is 2.43. The minimum absolute atomic E-state index is 0.389. The van der Waals surface area contributed by atoms with E-state index in [1.807, 2.05) is 16.3 Å². The maximum absolute atomic E-state index is 5.79. The molecule has 1 aromatic heterocycles. The molecule has 2 N–H and O–H groups in total. The van der Waals surface area contributed by atoms with Crippen molar-refractivity contribution >= 4 is 17.7 Å². The smallest absolute Gasteiger partial charge is 0.200 e. The molecule has 0 fully saturated rings. The molecule has 1 rings (SSSR count). The van der Waals surface area contributed by atoms with Crippen LogP contribution in [-0.2, 0) is 5.75 Å². The van der Waals surface area contributed by atoms with Crippen LogP contribution in [0.4, 0.5) is 5.95 Å². The van der Waals surface area contributed by atoms with Crippen LogP contribution in [0.1, 0.15) is 39.4 Å². The van der Waals surface area contributed by atoms with Crippen molar-refractivity contribution in [2.24, 2.45) is 0 Å². The molecule has 0 aliphatic rings. The van der Waals surface area contributed by atoms with Crippen LogP contribution in [-0.4, -0.2) is 14.8 Å². The normalized spacial score (nSPS) is 11.6. The Hall–Kier alpha value is -0.640. The summed E-state index contributed by atoms with van der Waals surface area (Å²) in [7, 11) is 0. The van der Waals surface area contributed by atoms with E-state index in [-0.39, 0.29) is 0 Å². The number of rotatable bonds is 4. The monoisotopic (exact) mass is 213 g/mol. The fraction of sp³-hybridized carbons (Fsp3) is 0.700. The number of hydrogen-bond donors (Lipinski definition) is 1. The third-order valence-electron chi connectivity index (χ3n) is 1.93. The Balaban J connectivity index is 2.66. The van der Waals surface area contributed by atoms with Gasteiger partial charge in [0.15, 0.2) is 0 Å². The summed E-state index contributed by atoms with van der Waals surface area (Å²) in [6, 6.07) is 0.389. The van der Waals surface area contributed by atoms with Crippen LogP contribution in [0.15, 0.2) is 6.20 Å². The highest BCUT2D eigenvalue weighted by Gasteiger charge is 2.07. The molecule has 0 unspecified atom stereocenters. The van der Waals surface area contributed by atoms with Crippen LogP contribution in [0.5, 0.6) is 0 Å². The first-order valence-electron chi connectivity index (χ1n) is 4.95. The second-order valence-electron chi connectivity index (χ2n) is 3.95. The van der Waals surface area contributed by atoms with Crippen LogP contribution in [0.2, 0.25) is 0 Å². The fourth-order valence-electron chi connectivity index (χ4n) is 1.20. The van der Waals surface area contributed by atoms with Crippen molar-refractivity contribution in [1.82, 2.24) is 9.55 Å². The van der Waals surface area contributed by atoms with Crippen LogP contribution < -0.4 is 5.73 Å². The zero-order valence-corrected chi connectivity index (χ0v) is 10.1. The van der Waals surface area contributed by atoms with Gasteiger partial charge in [-0.3, -0.25) is 0 Å². The van der Waals surface area contributed by atoms with Gasteiger partial charge in [-0.2, -0.15) is 11.8 Å². The Morgan fingerprint density at radius 2 is 2.07 bits per heavy atom. The molecule has 3 nitrogen and oxygen atoms in total. The van der Waals surface area contributed by atoms with Crippen molar-refractivity contribution in [1.29, 1.82) is 0 Å². The number of nitrogens with zero attached hydrogens (tertiary/aromatic N) is 2. The number of nitrogens with two attached hydrogens (primary N) is 1. The molecule has 0 atom stereocenters. The van der Waals surface area contributed by atoms with Crippen molar-refractivity contribution < 1.29 is 0 Å². The van der Waals surface area contributed by atoms with Gasteiger partial charge in [-0.25, -0.2) is 4.98 Å². The standard InChI is InChI=1S/C10H19N3S/c1-7(2)13-5-9(12-10(13)11)6-14-8(3)4/h5,7-8H,6H2,1-4H3,(H2,11,12). The third kappa shape index (κ3) is 2.94. The van der Waals surface area contributed by atoms with E-state index in [9.17, 15) is 0 Å². The molecule has 0 spiro atoms. The predicted octanol–water partition coefficient (Wildman–Crippen LogP) is 2.69. The van der Waals surface area contributed by atoms with Gasteiger partial charge in [0, 0.05) is 18.0 Å². The summed E-state index contributed by atoms with van der Waals surface area (Å²) >= 11 is 1.89. The molecule has 0 aromatic carbocycles. The lowest BCUT2D eigenvalue weighted by molar-refractivity contribution is 0.608. The van der Waals surface area contributed by atoms with Gasteiger partial charge in [-0.1, -0.05) is 13.8 Å². The fourth-order valence-corrected chi connectivity index (χ4v) is 1.84. The number of anilines is 1. The summed E-state index contributed by atoms with van der Waals surface area (Å²) in [5.74, 6) is 1.57. The molecule has 0 amide bonds. The van der Waals surface area contributed by atoms with E-state index in [1.165, 1.54) is 0 Å². The Kier molecular flexibility index (Phi) is 3.86. The first-order chi connectivity index (χ1) is 6.50. The van der Waals surface area contributed by atoms with Gasteiger partial charge in [0.1, 0.15) is 0 Å². The van der Waals surface area contributed by atoms with E-state index < -0.39 is 0 Å². The highest BCUT2D eigenvalue weighted by Crippen LogP contribution is 2.19. The van der Waals surface area contributed by atoms with Crippen molar-refractivity contribution in [2.45, 2.75) is 44.7 Å². The first-order valence-corrected chi connectivity index (χ1v) is 6.00. The number of imidazole rings is 1. The highest BCUT2D eigenvalue weighted by atomic mass is 32.2. The summed E-state index contributed by atoms with van der Waals surface area (Å²) < 4.78 is 2.01. The molecule has 80 valence electrons. The Labute approximate surface area is 90.1 Å². The van der Waals surface area contributed by atoms with E-state index in [2.05, 4.69) is 38.9 Å². The lowest BCUT2D eigenvalue weighted by Gasteiger charge is -2.06. The van der Waals surface area contributed by atoms with Crippen LogP contribution in [0, 0.1) is 0 Å². The van der Waals surface area contributed by atoms with Crippen LogP contribution in [0.25, 0.3) is 0 Å². The molecule has 0 radical (unpaired) electrons. The zero-order valence-electron chi connectivity index (χ0n) is 9.32. The maximum Gasteiger partial charge on any atom is 0.200 e. The predicted molar refractivity (Wildman–Crippen MR) is 63.5 cm³/mol. The van der Waals surface area contributed by atoms with E-state index in [4.69, 9.17) is 5.73 Å². The second-order valence-corrected chi connectivity index (χ2v) is 5.52. The number of hydrogen-bond acceptors (Lipinski definition) is 3. The second kappa shape index (κ2) is 4.73. The summed E-state index contributed by atoms with van der Waals surface area (Å²) in [6.07, 6.45) is 2.05. The van der Waals surface area contributed by atoms with Crippen molar-refractivity contribution in [3.05, 3.63) is 11.9 Å². The molecule has 1 heterocycles. The van der Waals surface area contributed by atoms with Crippen molar-refractivity contribution in [3.8, 4) is 0 Å². The molecular weight excluding hydrogens is 194 g/mol. The lowest BCUT2D eigenvalue weighted by Crippen LogP contribution is -2.03. The van der Waals surface area contributed by atoms with Gasteiger partial charge in [0.25, 0.3) is 0 Å². The molecular formula is C10H19N3S. The largest absolute Gasteiger partial charge is 0.369 e. The molecule has 1 aromatic rings. The van der Waals surface area contributed by atoms with Gasteiger partial charge in [0.05, 0.1) is 5.69 Å². The molecule has 0 aliphatic carbocycles. The Bertz CT molecular complexity index is 292. The van der Waals surface area contributed by atoms with Crippen LogP contribution in [0.3, 0.4) is 0 Å². The third-order valence-corrected chi connectivity index (χ3v) is 3.06. The van der Waals surface area contributed by atoms with Crippen molar-refractivity contribution in [2.75, 3.05) is 5.73 Å². The van der Waals surface area contributed by atoms with Gasteiger partial charge in [-0.05, 0) is 19.1 Å². The Morgan fingerprint density at radius 3 is 2.50 bits per heavy atom. The topological polar surface area (TPSA) is 43.8 Å². The molecule has 0 saturated heterocycles. The summed E-state index contributed by atoms with van der Waals surface area (Å²) in [5.41, 5.74) is 6.87. The van der Waals surface area contributed by atoms with E-state index in [0.717, 1.165) is 11.4 Å². The summed E-state index contributed by atoms with van der Waals surface area (Å²) in [4.78, 5) is 4.32. The number of nitrogen functional groups attached to an aromatic ring is 1. The quantitative estimate of drug-likeness (QED) is 0.836. The van der Waals surface area contributed by atoms with Gasteiger partial charge in [0.2, 0.25) is 5.95 Å². The molecule has 14 heavy (non-hydrogen) atoms. The molecule has 4 heteroatoms. The molecule has 0 bridgehead atoms. The molecule has 0 aliphatic heterocycles. The average molecular weight is 213 g/mol. The zero-order chi connectivity index (χ0) is 10.7. The number of aromatic nitrogens is 2. The Morgan fingerprint density at radius 1 is 1.43 bits per heavy atom. The van der Waals surface area contributed by atoms with E-state index in [0.29, 0.717) is 17.2 Å². The molecule has 0 saturated carbocycles. The van der Waals surface area contributed by atoms with Gasteiger partial charge >= 0.3 is 0 Å². The summed E-state index contributed by atoms with van der Waals surface area (Å²) in [5, 5.41) is 0.639. The maximum atomic E-state index is 5.79. The van der Waals surface area contributed by atoms with Gasteiger partial charge in [-0.15, -0.1) is 0 Å². The lowest BCUT2D eigenvalue weighted by atomic mass is 10.4. The van der Waals surface area contributed by atoms with Crippen LogP contribution >= 0.6 is 11.8 Å². The SMILES string of the molecule is CC(C)SCc1cn(C(C)C)c(N)n1. The minimum atomic E-state index is 0.389.